The van der Waals surface area contributed by atoms with E-state index in [1.54, 1.807) is 19.2 Å². The minimum atomic E-state index is 0.450. The molecule has 5 nitrogen and oxygen atoms in total. The molecule has 1 heterocycles. The molecule has 0 bridgehead atoms. The highest BCUT2D eigenvalue weighted by atomic mass is 35.5. The summed E-state index contributed by atoms with van der Waals surface area (Å²) >= 11 is 17.4. The number of aromatic nitrogens is 2. The van der Waals surface area contributed by atoms with Gasteiger partial charge < -0.3 is 15.4 Å². The molecule has 3 aromatic rings. The molecule has 0 radical (unpaired) electrons. The van der Waals surface area contributed by atoms with E-state index in [4.69, 9.17) is 40.2 Å². The van der Waals surface area contributed by atoms with Crippen LogP contribution in [0, 0.1) is 13.8 Å². The summed E-state index contributed by atoms with van der Waals surface area (Å²) in [6.07, 6.45) is 0. The van der Waals surface area contributed by atoms with Gasteiger partial charge in [-0.2, -0.15) is 5.10 Å². The normalized spacial score (nSPS) is 10.6. The van der Waals surface area contributed by atoms with E-state index in [2.05, 4.69) is 15.7 Å². The fraction of sp³-hybridized carbons (Fsp3) is 0.200. The fourth-order valence-electron chi connectivity index (χ4n) is 2.83. The Morgan fingerprint density at radius 2 is 1.89 bits per heavy atom. The van der Waals surface area contributed by atoms with E-state index in [-0.39, 0.29) is 0 Å². The molecule has 0 amide bonds. The summed E-state index contributed by atoms with van der Waals surface area (Å²) in [6.45, 7) is 4.59. The lowest BCUT2D eigenvalue weighted by atomic mass is 10.2. The minimum Gasteiger partial charge on any atom is -0.497 e. The van der Waals surface area contributed by atoms with Crippen molar-refractivity contribution in [3.05, 3.63) is 69.5 Å². The molecule has 0 atom stereocenters. The van der Waals surface area contributed by atoms with Crippen LogP contribution in [-0.2, 0) is 6.54 Å². The van der Waals surface area contributed by atoms with Gasteiger partial charge in [-0.3, -0.25) is 4.68 Å². The van der Waals surface area contributed by atoms with Crippen LogP contribution >= 0.6 is 35.4 Å². The summed E-state index contributed by atoms with van der Waals surface area (Å²) in [4.78, 5) is 0. The molecule has 2 N–H and O–H groups in total. The molecular weight excluding hydrogens is 415 g/mol. The number of hydrogen-bond acceptors (Lipinski definition) is 3. The van der Waals surface area contributed by atoms with E-state index in [1.807, 2.05) is 48.9 Å². The van der Waals surface area contributed by atoms with E-state index in [9.17, 15) is 0 Å². The molecule has 1 aromatic heterocycles. The molecule has 28 heavy (non-hydrogen) atoms. The molecule has 0 fully saturated rings. The number of halogens is 2. The second-order valence-corrected chi connectivity index (χ2v) is 7.49. The Morgan fingerprint density at radius 1 is 1.11 bits per heavy atom. The summed E-state index contributed by atoms with van der Waals surface area (Å²) in [7, 11) is 1.66. The zero-order valence-electron chi connectivity index (χ0n) is 15.7. The van der Waals surface area contributed by atoms with Gasteiger partial charge in [0.15, 0.2) is 5.11 Å². The van der Waals surface area contributed by atoms with Crippen LogP contribution in [0.2, 0.25) is 10.0 Å². The average molecular weight is 435 g/mol. The molecule has 0 aliphatic carbocycles. The zero-order chi connectivity index (χ0) is 20.3. The third-order valence-corrected chi connectivity index (χ3v) is 5.21. The Balaban J connectivity index is 1.73. The van der Waals surface area contributed by atoms with Crippen LogP contribution in [0.25, 0.3) is 0 Å². The monoisotopic (exact) mass is 434 g/mol. The third kappa shape index (κ3) is 4.76. The van der Waals surface area contributed by atoms with Crippen molar-refractivity contribution in [1.29, 1.82) is 0 Å². The van der Waals surface area contributed by atoms with Crippen molar-refractivity contribution in [2.75, 3.05) is 17.7 Å². The smallest absolute Gasteiger partial charge is 0.175 e. The molecule has 0 unspecified atom stereocenters. The predicted molar refractivity (Wildman–Crippen MR) is 120 cm³/mol. The minimum absolute atomic E-state index is 0.450. The Bertz CT molecular complexity index is 1020. The maximum absolute atomic E-state index is 6.05. The van der Waals surface area contributed by atoms with Gasteiger partial charge in [0.2, 0.25) is 0 Å². The van der Waals surface area contributed by atoms with Crippen molar-refractivity contribution < 1.29 is 4.74 Å². The second-order valence-electron chi connectivity index (χ2n) is 6.26. The zero-order valence-corrected chi connectivity index (χ0v) is 18.0. The Labute approximate surface area is 179 Å². The Morgan fingerprint density at radius 3 is 2.61 bits per heavy atom. The molecule has 2 aromatic carbocycles. The summed E-state index contributed by atoms with van der Waals surface area (Å²) < 4.78 is 7.23. The van der Waals surface area contributed by atoms with Gasteiger partial charge >= 0.3 is 0 Å². The fourth-order valence-corrected chi connectivity index (χ4v) is 3.34. The third-order valence-electron chi connectivity index (χ3n) is 4.26. The van der Waals surface area contributed by atoms with Crippen LogP contribution in [0.3, 0.4) is 0 Å². The molecule has 0 spiro atoms. The Hall–Kier alpha value is -2.28. The molecule has 3 rings (SSSR count). The van der Waals surface area contributed by atoms with E-state index in [0.29, 0.717) is 21.7 Å². The lowest BCUT2D eigenvalue weighted by molar-refractivity contribution is 0.414. The largest absolute Gasteiger partial charge is 0.497 e. The molecule has 0 aliphatic rings. The average Bonchev–Trinajstić information content (AvgIpc) is 2.92. The van der Waals surface area contributed by atoms with Crippen molar-refractivity contribution in [3.63, 3.8) is 0 Å². The lowest BCUT2D eigenvalue weighted by Crippen LogP contribution is -2.20. The van der Waals surface area contributed by atoms with Crippen molar-refractivity contribution in [3.8, 4) is 5.75 Å². The van der Waals surface area contributed by atoms with Crippen LogP contribution in [0.1, 0.15) is 17.0 Å². The molecule has 8 heteroatoms. The van der Waals surface area contributed by atoms with Crippen LogP contribution in [0.4, 0.5) is 11.4 Å². The highest BCUT2D eigenvalue weighted by molar-refractivity contribution is 7.80. The van der Waals surface area contributed by atoms with Crippen LogP contribution in [0.15, 0.2) is 42.5 Å². The summed E-state index contributed by atoms with van der Waals surface area (Å²) in [5.74, 6) is 0.824. The van der Waals surface area contributed by atoms with Gasteiger partial charge in [-0.1, -0.05) is 35.3 Å². The van der Waals surface area contributed by atoms with Gasteiger partial charge in [-0.05, 0) is 62.0 Å². The predicted octanol–water partition coefficient (Wildman–Crippen LogP) is 5.67. The van der Waals surface area contributed by atoms with Gasteiger partial charge in [-0.25, -0.2) is 0 Å². The number of hydrogen-bond donors (Lipinski definition) is 2. The van der Waals surface area contributed by atoms with Crippen LogP contribution in [-0.4, -0.2) is 22.0 Å². The quantitative estimate of drug-likeness (QED) is 0.506. The van der Waals surface area contributed by atoms with Gasteiger partial charge in [0.1, 0.15) is 5.75 Å². The first-order valence-electron chi connectivity index (χ1n) is 8.57. The Kier molecular flexibility index (Phi) is 6.44. The number of nitrogens with zero attached hydrogens (tertiary/aromatic N) is 2. The van der Waals surface area contributed by atoms with Gasteiger partial charge in [0, 0.05) is 5.69 Å². The first kappa shape index (κ1) is 20.5. The topological polar surface area (TPSA) is 51.1 Å². The molecule has 0 saturated heterocycles. The highest BCUT2D eigenvalue weighted by Gasteiger charge is 2.13. The van der Waals surface area contributed by atoms with Crippen molar-refractivity contribution >= 4 is 51.9 Å². The maximum atomic E-state index is 6.05. The van der Waals surface area contributed by atoms with Crippen molar-refractivity contribution in [2.45, 2.75) is 20.4 Å². The van der Waals surface area contributed by atoms with Crippen LogP contribution in [0.5, 0.6) is 5.75 Å². The number of aryl methyl sites for hydroxylation is 1. The molecule has 146 valence electrons. The standard InChI is InChI=1S/C20H20Cl2N4OS/c1-12-19(24-20(28)23-15-7-8-17(21)18(22)10-15)13(2)26(25-12)11-14-5-4-6-16(9-14)27-3/h4-10H,11H2,1-3H3,(H2,23,24,28). The van der Waals surface area contributed by atoms with Gasteiger partial charge in [0.05, 0.1) is 40.8 Å². The first-order valence-corrected chi connectivity index (χ1v) is 9.74. The van der Waals surface area contributed by atoms with E-state index in [1.165, 1.54) is 0 Å². The van der Waals surface area contributed by atoms with E-state index in [0.717, 1.165) is 34.1 Å². The van der Waals surface area contributed by atoms with Crippen molar-refractivity contribution in [2.24, 2.45) is 0 Å². The first-order chi connectivity index (χ1) is 13.4. The molecule has 0 aliphatic heterocycles. The van der Waals surface area contributed by atoms with Crippen molar-refractivity contribution in [1.82, 2.24) is 9.78 Å². The summed E-state index contributed by atoms with van der Waals surface area (Å²) in [6, 6.07) is 13.2. The number of benzene rings is 2. The molecular formula is C20H20Cl2N4OS. The highest BCUT2D eigenvalue weighted by Crippen LogP contribution is 2.26. The number of ether oxygens (including phenoxy) is 1. The number of thiocarbonyl (C=S) groups is 1. The number of nitrogens with one attached hydrogen (secondary N) is 2. The number of anilines is 2. The van der Waals surface area contributed by atoms with Gasteiger partial charge in [0.25, 0.3) is 0 Å². The number of rotatable bonds is 5. The van der Waals surface area contributed by atoms with Crippen LogP contribution < -0.4 is 15.4 Å². The number of methoxy groups -OCH3 is 1. The lowest BCUT2D eigenvalue weighted by Gasteiger charge is -2.12. The van der Waals surface area contributed by atoms with E-state index >= 15 is 0 Å². The summed E-state index contributed by atoms with van der Waals surface area (Å²) in [5.41, 5.74) is 4.58. The molecule has 0 saturated carbocycles. The second kappa shape index (κ2) is 8.82. The van der Waals surface area contributed by atoms with Gasteiger partial charge in [-0.15, -0.1) is 0 Å². The van der Waals surface area contributed by atoms with E-state index < -0.39 is 0 Å². The SMILES string of the molecule is COc1cccc(Cn2nc(C)c(NC(=S)Nc3ccc(Cl)c(Cl)c3)c2C)c1. The summed E-state index contributed by atoms with van der Waals surface area (Å²) in [5, 5.41) is 12.4. The maximum Gasteiger partial charge on any atom is 0.175 e.